The molecule has 1 aromatic carbocycles. The van der Waals surface area contributed by atoms with Crippen molar-refractivity contribution in [2.45, 2.75) is 46.3 Å². The van der Waals surface area contributed by atoms with Crippen molar-refractivity contribution in [3.63, 3.8) is 0 Å². The van der Waals surface area contributed by atoms with Crippen molar-refractivity contribution < 1.29 is 9.59 Å². The van der Waals surface area contributed by atoms with Gasteiger partial charge in [-0.2, -0.15) is 0 Å². The van der Waals surface area contributed by atoms with E-state index in [1.807, 2.05) is 19.9 Å². The lowest BCUT2D eigenvalue weighted by atomic mass is 10.1. The van der Waals surface area contributed by atoms with Gasteiger partial charge in [-0.3, -0.25) is 9.59 Å². The van der Waals surface area contributed by atoms with Crippen molar-refractivity contribution in [2.24, 2.45) is 0 Å². The third-order valence-corrected chi connectivity index (χ3v) is 5.28. The van der Waals surface area contributed by atoms with E-state index in [0.29, 0.717) is 6.54 Å². The molecule has 0 unspecified atom stereocenters. The Kier molecular flexibility index (Phi) is 5.11. The second-order valence-corrected chi connectivity index (χ2v) is 7.69. The highest BCUT2D eigenvalue weighted by atomic mass is 32.1. The molecule has 2 heterocycles. The van der Waals surface area contributed by atoms with Crippen LogP contribution in [0.25, 0.3) is 0 Å². The third-order valence-electron chi connectivity index (χ3n) is 4.31. The van der Waals surface area contributed by atoms with Crippen LogP contribution in [-0.4, -0.2) is 11.7 Å². The highest BCUT2D eigenvalue weighted by molar-refractivity contribution is 7.12. The number of thiophene rings is 1. The molecule has 2 aromatic rings. The number of nitrogens with one attached hydrogen (secondary N) is 2. The lowest BCUT2D eigenvalue weighted by Gasteiger charge is -2.07. The van der Waals surface area contributed by atoms with E-state index in [9.17, 15) is 9.59 Å². The summed E-state index contributed by atoms with van der Waals surface area (Å²) in [7, 11) is 0. The first-order valence-corrected chi connectivity index (χ1v) is 9.03. The summed E-state index contributed by atoms with van der Waals surface area (Å²) < 4.78 is 0. The van der Waals surface area contributed by atoms with Crippen LogP contribution in [0.15, 0.2) is 24.3 Å². The summed E-state index contributed by atoms with van der Waals surface area (Å²) in [6.45, 7) is 6.27. The Morgan fingerprint density at radius 3 is 2.67 bits per heavy atom. The van der Waals surface area contributed by atoms with Gasteiger partial charge in [0, 0.05) is 47.8 Å². The van der Waals surface area contributed by atoms with Crippen molar-refractivity contribution in [3.05, 3.63) is 56.3 Å². The van der Waals surface area contributed by atoms with Gasteiger partial charge < -0.3 is 10.6 Å². The van der Waals surface area contributed by atoms with Crippen LogP contribution in [0, 0.1) is 13.8 Å². The molecule has 0 saturated heterocycles. The average Bonchev–Trinajstić information content (AvgIpc) is 3.15. The minimum atomic E-state index is -0.0772. The van der Waals surface area contributed by atoms with Gasteiger partial charge in [-0.25, -0.2) is 0 Å². The zero-order chi connectivity index (χ0) is 17.1. The number of hydrogen-bond donors (Lipinski definition) is 2. The normalized spacial score (nSPS) is 12.9. The van der Waals surface area contributed by atoms with Gasteiger partial charge >= 0.3 is 0 Å². The fourth-order valence-electron chi connectivity index (χ4n) is 3.02. The van der Waals surface area contributed by atoms with Crippen LogP contribution >= 0.6 is 11.3 Å². The molecule has 0 bridgehead atoms. The topological polar surface area (TPSA) is 58.2 Å². The number of fused-ring (bicyclic) bond motifs is 1. The summed E-state index contributed by atoms with van der Waals surface area (Å²) in [5.41, 5.74) is 4.50. The van der Waals surface area contributed by atoms with Gasteiger partial charge in [0.1, 0.15) is 0 Å². The highest BCUT2D eigenvalue weighted by Gasteiger charge is 2.14. The molecule has 2 N–H and O–H groups in total. The summed E-state index contributed by atoms with van der Waals surface area (Å²) in [5, 5.41) is 6.22. The number of carbonyl (C=O) groups excluding carboxylic acids is 2. The predicted octanol–water partition coefficient (Wildman–Crippen LogP) is 3.25. The Balaban J connectivity index is 1.47. The van der Waals surface area contributed by atoms with Gasteiger partial charge in [-0.1, -0.05) is 18.2 Å². The quantitative estimate of drug-likeness (QED) is 0.792. The number of ketones is 1. The first kappa shape index (κ1) is 16.9. The van der Waals surface area contributed by atoms with E-state index < -0.39 is 0 Å². The van der Waals surface area contributed by atoms with Crippen LogP contribution in [0.4, 0.5) is 0 Å². The zero-order valence-corrected chi connectivity index (χ0v) is 14.9. The van der Waals surface area contributed by atoms with E-state index in [2.05, 4.69) is 28.8 Å². The van der Waals surface area contributed by atoms with E-state index in [4.69, 9.17) is 0 Å². The second kappa shape index (κ2) is 7.28. The molecular formula is C19H22N2O2S. The monoisotopic (exact) mass is 342 g/mol. The van der Waals surface area contributed by atoms with Gasteiger partial charge in [0.25, 0.3) is 0 Å². The summed E-state index contributed by atoms with van der Waals surface area (Å²) in [5.74, 6) is -0.0258. The molecule has 3 rings (SSSR count). The van der Waals surface area contributed by atoms with Crippen LogP contribution in [-0.2, 0) is 24.4 Å². The van der Waals surface area contributed by atoms with Crippen molar-refractivity contribution in [3.8, 4) is 0 Å². The smallest absolute Gasteiger partial charge is 0.220 e. The van der Waals surface area contributed by atoms with Gasteiger partial charge in [-0.15, -0.1) is 11.3 Å². The van der Waals surface area contributed by atoms with Crippen LogP contribution < -0.4 is 10.6 Å². The molecule has 4 nitrogen and oxygen atoms in total. The minimum Gasteiger partial charge on any atom is -0.352 e. The molecule has 0 spiro atoms. The van der Waals surface area contributed by atoms with Crippen LogP contribution in [0.5, 0.6) is 0 Å². The van der Waals surface area contributed by atoms with Crippen molar-refractivity contribution in [1.82, 2.24) is 10.6 Å². The molecule has 0 saturated carbocycles. The minimum absolute atomic E-state index is 0.0515. The van der Waals surface area contributed by atoms with Crippen molar-refractivity contribution in [1.29, 1.82) is 0 Å². The molecule has 1 amide bonds. The first-order chi connectivity index (χ1) is 11.5. The Morgan fingerprint density at radius 1 is 1.12 bits per heavy atom. The maximum Gasteiger partial charge on any atom is 0.220 e. The number of Topliss-reactive ketones (excluding diaryl/α,β-unsaturated/α-hetero) is 1. The third kappa shape index (κ3) is 3.91. The molecule has 1 aliphatic heterocycles. The Hall–Kier alpha value is -1.98. The standard InChI is InChI=1S/C19H22N2O2S/c1-12-7-17(13(2)24-12)18(22)5-6-19(23)21-9-14-3-4-15-10-20-11-16(15)8-14/h3-4,7-8,20H,5-6,9-11H2,1-2H3,(H,21,23). The molecule has 0 radical (unpaired) electrons. The lowest BCUT2D eigenvalue weighted by molar-refractivity contribution is -0.121. The lowest BCUT2D eigenvalue weighted by Crippen LogP contribution is -2.23. The number of benzene rings is 1. The molecule has 1 aliphatic rings. The van der Waals surface area contributed by atoms with Gasteiger partial charge in [0.2, 0.25) is 5.91 Å². The molecular weight excluding hydrogens is 320 g/mol. The van der Waals surface area contributed by atoms with E-state index in [1.165, 1.54) is 11.1 Å². The molecule has 5 heteroatoms. The van der Waals surface area contributed by atoms with E-state index in [1.54, 1.807) is 11.3 Å². The largest absolute Gasteiger partial charge is 0.352 e. The van der Waals surface area contributed by atoms with Crippen LogP contribution in [0.1, 0.15) is 49.6 Å². The molecule has 24 heavy (non-hydrogen) atoms. The first-order valence-electron chi connectivity index (χ1n) is 8.21. The van der Waals surface area contributed by atoms with Gasteiger partial charge in [0.15, 0.2) is 5.78 Å². The molecule has 0 aliphatic carbocycles. The number of hydrogen-bond acceptors (Lipinski definition) is 4. The summed E-state index contributed by atoms with van der Waals surface area (Å²) in [6.07, 6.45) is 0.497. The fraction of sp³-hybridized carbons (Fsp3) is 0.368. The highest BCUT2D eigenvalue weighted by Crippen LogP contribution is 2.22. The van der Waals surface area contributed by atoms with E-state index >= 15 is 0 Å². The van der Waals surface area contributed by atoms with Crippen LogP contribution in [0.2, 0.25) is 0 Å². The Bertz CT molecular complexity index is 780. The Morgan fingerprint density at radius 2 is 1.92 bits per heavy atom. The Labute approximate surface area is 146 Å². The van der Waals surface area contributed by atoms with E-state index in [-0.39, 0.29) is 24.5 Å². The maximum absolute atomic E-state index is 12.2. The SMILES string of the molecule is Cc1cc(C(=O)CCC(=O)NCc2ccc3c(c2)CNC3)c(C)s1. The number of carbonyl (C=O) groups is 2. The number of rotatable bonds is 6. The summed E-state index contributed by atoms with van der Waals surface area (Å²) in [6, 6.07) is 8.22. The van der Waals surface area contributed by atoms with Gasteiger partial charge in [-0.05, 0) is 36.6 Å². The van der Waals surface area contributed by atoms with Gasteiger partial charge in [0.05, 0.1) is 0 Å². The number of amides is 1. The number of aryl methyl sites for hydroxylation is 2. The molecule has 126 valence electrons. The van der Waals surface area contributed by atoms with Crippen LogP contribution in [0.3, 0.4) is 0 Å². The zero-order valence-electron chi connectivity index (χ0n) is 14.1. The molecule has 1 aromatic heterocycles. The fourth-order valence-corrected chi connectivity index (χ4v) is 3.96. The predicted molar refractivity (Wildman–Crippen MR) is 96.2 cm³/mol. The second-order valence-electron chi connectivity index (χ2n) is 6.23. The average molecular weight is 342 g/mol. The molecule has 0 atom stereocenters. The summed E-state index contributed by atoms with van der Waals surface area (Å²) >= 11 is 1.62. The van der Waals surface area contributed by atoms with E-state index in [0.717, 1.165) is 34.0 Å². The van der Waals surface area contributed by atoms with Crippen molar-refractivity contribution in [2.75, 3.05) is 0 Å². The maximum atomic E-state index is 12.2. The molecule has 0 fully saturated rings. The van der Waals surface area contributed by atoms with Crippen molar-refractivity contribution >= 4 is 23.0 Å². The summed E-state index contributed by atoms with van der Waals surface area (Å²) in [4.78, 5) is 26.4.